The number of nitro benzene ring substituents is 1. The maximum atomic E-state index is 11.0. The molecule has 0 aromatic heterocycles. The fourth-order valence-corrected chi connectivity index (χ4v) is 2.47. The second-order valence-corrected chi connectivity index (χ2v) is 5.72. The zero-order chi connectivity index (χ0) is 17.7. The van der Waals surface area contributed by atoms with E-state index in [2.05, 4.69) is 5.32 Å². The molecule has 2 rings (SSSR count). The van der Waals surface area contributed by atoms with Gasteiger partial charge in [-0.3, -0.25) is 10.1 Å². The molecule has 0 aliphatic heterocycles. The van der Waals surface area contributed by atoms with E-state index in [1.165, 1.54) is 6.07 Å². The van der Waals surface area contributed by atoms with Gasteiger partial charge in [0.25, 0.3) is 5.69 Å². The quantitative estimate of drug-likeness (QED) is 0.459. The number of benzene rings is 2. The number of nitrogens with two attached hydrogens (primary N) is 1. The topological polar surface area (TPSA) is 90.4 Å². The van der Waals surface area contributed by atoms with Crippen molar-refractivity contribution in [2.75, 3.05) is 12.3 Å². The molecule has 1 unspecified atom stereocenters. The molecule has 0 heterocycles. The molecule has 0 amide bonds. The van der Waals surface area contributed by atoms with Crippen LogP contribution < -0.4 is 15.8 Å². The first-order valence-corrected chi connectivity index (χ1v) is 7.92. The first-order chi connectivity index (χ1) is 11.4. The average molecular weight is 329 g/mol. The van der Waals surface area contributed by atoms with E-state index >= 15 is 0 Å². The number of ether oxygens (including phenoxy) is 1. The SMILES string of the molecule is CCOc1cc(C)ccc1CNC(C)c1ccc(N)c([N+](=O)[O-])c1. The van der Waals surface area contributed by atoms with Crippen molar-refractivity contribution in [1.29, 1.82) is 0 Å². The number of nitrogens with one attached hydrogen (secondary N) is 1. The smallest absolute Gasteiger partial charge is 0.292 e. The molecule has 0 fully saturated rings. The highest BCUT2D eigenvalue weighted by molar-refractivity contribution is 5.59. The molecule has 0 spiro atoms. The van der Waals surface area contributed by atoms with Crippen LogP contribution in [0, 0.1) is 17.0 Å². The van der Waals surface area contributed by atoms with E-state index in [4.69, 9.17) is 10.5 Å². The minimum atomic E-state index is -0.460. The van der Waals surface area contributed by atoms with Crippen LogP contribution in [0.4, 0.5) is 11.4 Å². The second-order valence-electron chi connectivity index (χ2n) is 5.72. The van der Waals surface area contributed by atoms with Crippen LogP contribution in [0.1, 0.15) is 36.6 Å². The lowest BCUT2D eigenvalue weighted by molar-refractivity contribution is -0.384. The molecule has 6 heteroatoms. The number of hydrogen-bond acceptors (Lipinski definition) is 5. The van der Waals surface area contributed by atoms with Crippen molar-refractivity contribution in [3.8, 4) is 5.75 Å². The zero-order valence-electron chi connectivity index (χ0n) is 14.2. The van der Waals surface area contributed by atoms with Gasteiger partial charge in [-0.1, -0.05) is 18.2 Å². The van der Waals surface area contributed by atoms with Crippen molar-refractivity contribution in [2.45, 2.75) is 33.4 Å². The standard InChI is InChI=1S/C18H23N3O3/c1-4-24-18-9-12(2)5-6-15(18)11-20-13(3)14-7-8-16(19)17(10-14)21(22)23/h5-10,13,20H,4,11,19H2,1-3H3. The number of aryl methyl sites for hydroxylation is 1. The minimum absolute atomic E-state index is 0.0555. The highest BCUT2D eigenvalue weighted by Gasteiger charge is 2.15. The predicted octanol–water partition coefficient (Wildman–Crippen LogP) is 3.73. The summed E-state index contributed by atoms with van der Waals surface area (Å²) < 4.78 is 5.68. The molecule has 0 aliphatic rings. The van der Waals surface area contributed by atoms with Gasteiger partial charge in [0.1, 0.15) is 11.4 Å². The first kappa shape index (κ1) is 17.7. The average Bonchev–Trinajstić information content (AvgIpc) is 2.54. The van der Waals surface area contributed by atoms with Crippen molar-refractivity contribution >= 4 is 11.4 Å². The summed E-state index contributed by atoms with van der Waals surface area (Å²) in [6.45, 7) is 7.15. The molecule has 2 aromatic carbocycles. The van der Waals surface area contributed by atoms with Crippen molar-refractivity contribution < 1.29 is 9.66 Å². The molecule has 2 aromatic rings. The van der Waals surface area contributed by atoms with E-state index in [0.29, 0.717) is 13.2 Å². The largest absolute Gasteiger partial charge is 0.494 e. The van der Waals surface area contributed by atoms with E-state index in [0.717, 1.165) is 22.4 Å². The second kappa shape index (κ2) is 7.79. The van der Waals surface area contributed by atoms with E-state index in [-0.39, 0.29) is 17.4 Å². The van der Waals surface area contributed by atoms with Crippen molar-refractivity contribution in [3.05, 3.63) is 63.2 Å². The third kappa shape index (κ3) is 4.23. The first-order valence-electron chi connectivity index (χ1n) is 7.92. The molecule has 0 bridgehead atoms. The summed E-state index contributed by atoms with van der Waals surface area (Å²) in [5.41, 5.74) is 8.77. The maximum absolute atomic E-state index is 11.0. The highest BCUT2D eigenvalue weighted by atomic mass is 16.6. The van der Waals surface area contributed by atoms with Gasteiger partial charge in [-0.2, -0.15) is 0 Å². The van der Waals surface area contributed by atoms with Crippen molar-refractivity contribution in [2.24, 2.45) is 0 Å². The van der Waals surface area contributed by atoms with Crippen LogP contribution in [0.3, 0.4) is 0 Å². The maximum Gasteiger partial charge on any atom is 0.292 e. The molecule has 0 saturated carbocycles. The molecule has 24 heavy (non-hydrogen) atoms. The number of nitro groups is 1. The fourth-order valence-electron chi connectivity index (χ4n) is 2.47. The number of nitrogen functional groups attached to an aromatic ring is 1. The van der Waals surface area contributed by atoms with Crippen molar-refractivity contribution in [3.63, 3.8) is 0 Å². The monoisotopic (exact) mass is 329 g/mol. The normalized spacial score (nSPS) is 12.0. The van der Waals surface area contributed by atoms with Gasteiger partial charge in [0, 0.05) is 24.2 Å². The van der Waals surface area contributed by atoms with E-state index in [1.807, 2.05) is 39.0 Å². The van der Waals surface area contributed by atoms with E-state index in [1.54, 1.807) is 12.1 Å². The Morgan fingerprint density at radius 2 is 2.04 bits per heavy atom. The molecule has 3 N–H and O–H groups in total. The fraction of sp³-hybridized carbons (Fsp3) is 0.333. The van der Waals surface area contributed by atoms with E-state index in [9.17, 15) is 10.1 Å². The van der Waals surface area contributed by atoms with Crippen LogP contribution in [-0.4, -0.2) is 11.5 Å². The Hall–Kier alpha value is -2.60. The van der Waals surface area contributed by atoms with Crippen LogP contribution >= 0.6 is 0 Å². The van der Waals surface area contributed by atoms with E-state index < -0.39 is 4.92 Å². The Labute approximate surface area is 141 Å². The van der Waals surface area contributed by atoms with Gasteiger partial charge < -0.3 is 15.8 Å². The Bertz CT molecular complexity index is 731. The summed E-state index contributed by atoms with van der Waals surface area (Å²) in [5.74, 6) is 0.862. The molecule has 1 atom stereocenters. The van der Waals surface area contributed by atoms with Crippen LogP contribution in [0.15, 0.2) is 36.4 Å². The highest BCUT2D eigenvalue weighted by Crippen LogP contribution is 2.26. The summed E-state index contributed by atoms with van der Waals surface area (Å²) in [6.07, 6.45) is 0. The van der Waals surface area contributed by atoms with Gasteiger partial charge in [-0.05, 0) is 44.0 Å². The van der Waals surface area contributed by atoms with Crippen LogP contribution in [-0.2, 0) is 6.54 Å². The zero-order valence-corrected chi connectivity index (χ0v) is 14.2. The summed E-state index contributed by atoms with van der Waals surface area (Å²) in [5, 5.41) is 14.4. The Morgan fingerprint density at radius 3 is 2.71 bits per heavy atom. The summed E-state index contributed by atoms with van der Waals surface area (Å²) >= 11 is 0. The number of nitrogens with zero attached hydrogens (tertiary/aromatic N) is 1. The Kier molecular flexibility index (Phi) is 5.76. The molecule has 0 aliphatic carbocycles. The van der Waals surface area contributed by atoms with Gasteiger partial charge in [0.2, 0.25) is 0 Å². The lowest BCUT2D eigenvalue weighted by Crippen LogP contribution is -2.19. The lowest BCUT2D eigenvalue weighted by atomic mass is 10.1. The molecule has 0 radical (unpaired) electrons. The summed E-state index contributed by atoms with van der Waals surface area (Å²) in [6, 6.07) is 10.9. The number of hydrogen-bond donors (Lipinski definition) is 2. The van der Waals surface area contributed by atoms with Gasteiger partial charge in [0.05, 0.1) is 11.5 Å². The van der Waals surface area contributed by atoms with Crippen molar-refractivity contribution in [1.82, 2.24) is 5.32 Å². The summed E-state index contributed by atoms with van der Waals surface area (Å²) in [7, 11) is 0. The molecule has 128 valence electrons. The van der Waals surface area contributed by atoms with Crippen LogP contribution in [0.2, 0.25) is 0 Å². The van der Waals surface area contributed by atoms with Crippen LogP contribution in [0.5, 0.6) is 5.75 Å². The van der Waals surface area contributed by atoms with Gasteiger partial charge in [-0.25, -0.2) is 0 Å². The third-order valence-electron chi connectivity index (χ3n) is 3.87. The molecule has 0 saturated heterocycles. The lowest BCUT2D eigenvalue weighted by Gasteiger charge is -2.17. The number of rotatable bonds is 7. The third-order valence-corrected chi connectivity index (χ3v) is 3.87. The molecular formula is C18H23N3O3. The summed E-state index contributed by atoms with van der Waals surface area (Å²) in [4.78, 5) is 10.6. The van der Waals surface area contributed by atoms with Gasteiger partial charge >= 0.3 is 0 Å². The molecule has 6 nitrogen and oxygen atoms in total. The minimum Gasteiger partial charge on any atom is -0.494 e. The van der Waals surface area contributed by atoms with Gasteiger partial charge in [0.15, 0.2) is 0 Å². The van der Waals surface area contributed by atoms with Crippen LogP contribution in [0.25, 0.3) is 0 Å². The predicted molar refractivity (Wildman–Crippen MR) is 95.1 cm³/mol. The Balaban J connectivity index is 2.12. The number of anilines is 1. The Morgan fingerprint density at radius 1 is 1.29 bits per heavy atom. The molecular weight excluding hydrogens is 306 g/mol. The van der Waals surface area contributed by atoms with Gasteiger partial charge in [-0.15, -0.1) is 0 Å².